The van der Waals surface area contributed by atoms with Crippen LogP contribution in [-0.2, 0) is 17.3 Å². The molecule has 60 heavy (non-hydrogen) atoms. The number of phenolic OH excluding ortho intramolecular Hbond substituents is 1. The number of ether oxygens (including phenoxy) is 1. The van der Waals surface area contributed by atoms with E-state index in [1.807, 2.05) is 42.5 Å². The number of hydrogen-bond acceptors (Lipinski definition) is 7. The van der Waals surface area contributed by atoms with E-state index in [0.717, 1.165) is 98.2 Å². The minimum absolute atomic E-state index is 0.00904. The zero-order valence-corrected chi connectivity index (χ0v) is 36.9. The van der Waals surface area contributed by atoms with Gasteiger partial charge in [-0.1, -0.05) is 75.4 Å². The maximum absolute atomic E-state index is 12.8. The summed E-state index contributed by atoms with van der Waals surface area (Å²) >= 11 is 0. The van der Waals surface area contributed by atoms with Crippen molar-refractivity contribution in [2.45, 2.75) is 89.6 Å². The summed E-state index contributed by atoms with van der Waals surface area (Å²) < 4.78 is 13.1. The number of nitrogens with zero attached hydrogens (tertiary/aromatic N) is 2. The maximum Gasteiger partial charge on any atom is 0.412 e. The van der Waals surface area contributed by atoms with Crippen molar-refractivity contribution in [3.05, 3.63) is 124 Å². The topological polar surface area (TPSA) is 127 Å². The molecule has 11 heteroatoms. The number of aromatic amines is 1. The molecule has 8 rings (SSSR count). The Kier molecular flexibility index (Phi) is 13.5. The van der Waals surface area contributed by atoms with E-state index in [1.165, 1.54) is 17.2 Å². The molecule has 3 saturated heterocycles. The highest BCUT2D eigenvalue weighted by molar-refractivity contribution is 6.74. The first-order valence-corrected chi connectivity index (χ1v) is 24.6. The molecule has 1 unspecified atom stereocenters. The number of anilines is 1. The van der Waals surface area contributed by atoms with E-state index in [4.69, 9.17) is 9.16 Å². The molecule has 0 spiro atoms. The Morgan fingerprint density at radius 1 is 0.933 bits per heavy atom. The summed E-state index contributed by atoms with van der Waals surface area (Å²) in [5.41, 5.74) is 6.30. The lowest BCUT2D eigenvalue weighted by Crippen LogP contribution is -2.58. The van der Waals surface area contributed by atoms with Crippen molar-refractivity contribution < 1.29 is 24.2 Å². The van der Waals surface area contributed by atoms with Gasteiger partial charge in [-0.2, -0.15) is 0 Å². The molecule has 2 bridgehead atoms. The van der Waals surface area contributed by atoms with Crippen LogP contribution < -0.4 is 20.5 Å². The molecule has 4 aromatic carbocycles. The van der Waals surface area contributed by atoms with E-state index in [9.17, 15) is 19.8 Å². The number of nitrogens with one attached hydrogen (secondary N) is 2. The molecule has 4 heterocycles. The third-order valence-electron chi connectivity index (χ3n) is 13.0. The monoisotopic (exact) mass is 830 g/mol. The van der Waals surface area contributed by atoms with Crippen LogP contribution in [0, 0.1) is 5.92 Å². The number of carbonyl (C=O) groups is 1. The Balaban J connectivity index is 0.912. The van der Waals surface area contributed by atoms with Crippen LogP contribution in [0.4, 0.5) is 10.5 Å². The summed E-state index contributed by atoms with van der Waals surface area (Å²) in [4.78, 5) is 31.8. The highest BCUT2D eigenvalue weighted by Gasteiger charge is 2.41. The smallest absolute Gasteiger partial charge is 0.412 e. The van der Waals surface area contributed by atoms with Gasteiger partial charge in [0.15, 0.2) is 8.32 Å². The first-order valence-electron chi connectivity index (χ1n) is 21.7. The number of aromatic hydroxyl groups is 1. The fourth-order valence-corrected chi connectivity index (χ4v) is 9.85. The van der Waals surface area contributed by atoms with Gasteiger partial charge in [-0.15, -0.1) is 0 Å². The number of pyridine rings is 1. The van der Waals surface area contributed by atoms with Gasteiger partial charge in [0.25, 0.3) is 0 Å². The number of piperidine rings is 3. The van der Waals surface area contributed by atoms with Crippen LogP contribution in [0.1, 0.15) is 69.2 Å². The van der Waals surface area contributed by atoms with Gasteiger partial charge in [0.05, 0.1) is 30.0 Å². The largest absolute Gasteiger partial charge is 0.506 e. The van der Waals surface area contributed by atoms with Crippen molar-refractivity contribution in [2.75, 3.05) is 44.2 Å². The van der Waals surface area contributed by atoms with Crippen LogP contribution in [0.5, 0.6) is 11.5 Å². The van der Waals surface area contributed by atoms with E-state index < -0.39 is 14.4 Å². The van der Waals surface area contributed by atoms with Gasteiger partial charge in [0, 0.05) is 30.1 Å². The van der Waals surface area contributed by atoms with Crippen molar-refractivity contribution in [3.63, 3.8) is 0 Å². The Hall–Kier alpha value is -4.94. The lowest BCUT2D eigenvalue weighted by molar-refractivity contribution is 0.0838. The molecule has 0 saturated carbocycles. The van der Waals surface area contributed by atoms with Gasteiger partial charge in [0.2, 0.25) is 5.56 Å². The summed E-state index contributed by atoms with van der Waals surface area (Å²) in [7, 11) is -2.17. The average molecular weight is 831 g/mol. The number of amides is 1. The first kappa shape index (κ1) is 43.2. The molecule has 1 amide bonds. The van der Waals surface area contributed by atoms with E-state index in [-0.39, 0.29) is 28.5 Å². The minimum atomic E-state index is -2.17. The van der Waals surface area contributed by atoms with Gasteiger partial charge >= 0.3 is 6.09 Å². The highest BCUT2D eigenvalue weighted by Crippen LogP contribution is 2.42. The Morgan fingerprint density at radius 2 is 1.67 bits per heavy atom. The molecule has 5 aromatic rings. The normalized spacial score (nSPS) is 18.4. The van der Waals surface area contributed by atoms with E-state index >= 15 is 0 Å². The van der Waals surface area contributed by atoms with E-state index in [1.54, 1.807) is 17.0 Å². The Labute approximate surface area is 355 Å². The molecule has 0 aliphatic carbocycles. The predicted octanol–water partition coefficient (Wildman–Crippen LogP) is 9.78. The molecular weight excluding hydrogens is 769 g/mol. The zero-order chi connectivity index (χ0) is 42.4. The number of phenols is 1. The molecule has 4 N–H and O–H groups in total. The van der Waals surface area contributed by atoms with Crippen molar-refractivity contribution in [1.82, 2.24) is 15.2 Å². The quantitative estimate of drug-likeness (QED) is 0.0539. The summed E-state index contributed by atoms with van der Waals surface area (Å²) in [6.07, 6.45) is 4.55. The van der Waals surface area contributed by atoms with Crippen LogP contribution in [-0.4, -0.2) is 79.9 Å². The number of carboxylic acid groups (broad SMARTS) is 1. The van der Waals surface area contributed by atoms with Gasteiger partial charge in [-0.05, 0) is 141 Å². The summed E-state index contributed by atoms with van der Waals surface area (Å²) in [6.45, 7) is 16.0. The molecule has 10 nitrogen and oxygen atoms in total. The Bertz CT molecular complexity index is 2280. The first-order chi connectivity index (χ1) is 28.8. The number of H-pyrrole nitrogens is 1. The molecule has 0 radical (unpaired) electrons. The molecular formula is C49H62N4O6Si. The van der Waals surface area contributed by atoms with Crippen molar-refractivity contribution in [2.24, 2.45) is 5.92 Å². The Morgan fingerprint density at radius 3 is 2.35 bits per heavy atom. The van der Waals surface area contributed by atoms with Crippen LogP contribution in [0.3, 0.4) is 0 Å². The van der Waals surface area contributed by atoms with Crippen LogP contribution in [0.25, 0.3) is 22.0 Å². The third kappa shape index (κ3) is 10.1. The van der Waals surface area contributed by atoms with Crippen LogP contribution >= 0.6 is 0 Å². The second-order valence-corrected chi connectivity index (χ2v) is 22.9. The third-order valence-corrected chi connectivity index (χ3v) is 17.5. The number of aryl methyl sites for hydroxylation is 1. The standard InChI is InChI=1S/C49H62N4O6Si/c1-49(2,3)60(4,5)59-45(39-19-22-44(54)47-40(39)20-23-46(55)51-47)32-50-27-24-34-14-17-38(18-15-34)58-30-10-9-11-35-16-21-42(41(31-35)36-12-7-6-8-13-36)53(48(56)57)43-33-52-28-25-37(43)26-29-52/h6-8,12-23,31,37,43,45,50,54H,9-11,24-30,32-33H2,1-5H3,(H,51,55)(H,56,57)/t43?,45-/m0/s1. The number of rotatable bonds is 17. The number of aromatic nitrogens is 1. The molecule has 3 fully saturated rings. The van der Waals surface area contributed by atoms with Crippen molar-refractivity contribution in [1.29, 1.82) is 0 Å². The second kappa shape index (κ2) is 18.8. The van der Waals surface area contributed by atoms with Gasteiger partial charge in [0.1, 0.15) is 11.5 Å². The summed E-state index contributed by atoms with van der Waals surface area (Å²) in [5, 5.41) is 25.5. The SMILES string of the molecule is CC(C)(C)[Si](C)(C)O[C@@H](CNCCc1ccc(OCCCCc2ccc(N(C(=O)O)C3CN4CCC3CC4)c(-c3ccccc3)c2)cc1)c1ccc(O)c2[nH]c(=O)ccc12. The minimum Gasteiger partial charge on any atom is -0.506 e. The number of unbranched alkanes of at least 4 members (excludes halogenated alkanes) is 1. The molecule has 2 atom stereocenters. The zero-order valence-electron chi connectivity index (χ0n) is 35.9. The number of fused-ring (bicyclic) bond motifs is 4. The molecule has 3 aliphatic rings. The van der Waals surface area contributed by atoms with E-state index in [0.29, 0.717) is 24.6 Å². The highest BCUT2D eigenvalue weighted by atomic mass is 28.4. The van der Waals surface area contributed by atoms with Gasteiger partial charge < -0.3 is 34.6 Å². The molecule has 3 aliphatic heterocycles. The maximum atomic E-state index is 12.8. The fourth-order valence-electron chi connectivity index (χ4n) is 8.57. The second-order valence-electron chi connectivity index (χ2n) is 18.1. The summed E-state index contributed by atoms with van der Waals surface area (Å²) in [6, 6.07) is 31.6. The van der Waals surface area contributed by atoms with Gasteiger partial charge in [-0.25, -0.2) is 4.79 Å². The average Bonchev–Trinajstić information content (AvgIpc) is 3.23. The van der Waals surface area contributed by atoms with Crippen LogP contribution in [0.15, 0.2) is 102 Å². The number of hydrogen-bond donors (Lipinski definition) is 4. The van der Waals surface area contributed by atoms with Crippen LogP contribution in [0.2, 0.25) is 18.1 Å². The predicted molar refractivity (Wildman–Crippen MR) is 244 cm³/mol. The fraction of sp³-hybridized carbons (Fsp3) is 0.429. The lowest BCUT2D eigenvalue weighted by atomic mass is 9.82. The van der Waals surface area contributed by atoms with E-state index in [2.05, 4.69) is 85.5 Å². The lowest BCUT2D eigenvalue weighted by Gasteiger charge is -2.48. The molecule has 1 aromatic heterocycles. The van der Waals surface area contributed by atoms with Crippen molar-refractivity contribution in [3.8, 4) is 22.6 Å². The number of benzene rings is 4. The molecule has 318 valence electrons. The van der Waals surface area contributed by atoms with Gasteiger partial charge in [-0.3, -0.25) is 9.69 Å². The van der Waals surface area contributed by atoms with Crippen molar-refractivity contribution >= 4 is 31.0 Å². The summed E-state index contributed by atoms with van der Waals surface area (Å²) in [5.74, 6) is 1.29.